The molecule has 1 saturated carbocycles. The molecule has 7 heteroatoms. The summed E-state index contributed by atoms with van der Waals surface area (Å²) < 4.78 is 0. The molecule has 0 spiro atoms. The van der Waals surface area contributed by atoms with Gasteiger partial charge in [-0.3, -0.25) is 14.4 Å². The molecule has 7 nitrogen and oxygen atoms in total. The van der Waals surface area contributed by atoms with Gasteiger partial charge in [0.05, 0.1) is 5.57 Å². The van der Waals surface area contributed by atoms with Crippen LogP contribution in [0.25, 0.3) is 0 Å². The van der Waals surface area contributed by atoms with E-state index in [9.17, 15) is 19.6 Å². The van der Waals surface area contributed by atoms with Crippen molar-refractivity contribution in [1.82, 2.24) is 5.32 Å². The zero-order chi connectivity index (χ0) is 32.4. The molecule has 3 aliphatic rings. The first-order chi connectivity index (χ1) is 19.6. The molecule has 3 rings (SSSR count). The van der Waals surface area contributed by atoms with Gasteiger partial charge in [-0.2, -0.15) is 5.26 Å². The van der Waals surface area contributed by atoms with Crippen LogP contribution < -0.4 is 5.32 Å². The van der Waals surface area contributed by atoms with Crippen LogP contribution in [-0.2, 0) is 14.4 Å². The van der Waals surface area contributed by atoms with E-state index < -0.39 is 5.41 Å². The maximum absolute atomic E-state index is 12.6. The third-order valence-electron chi connectivity index (χ3n) is 9.79. The molecule has 0 saturated heterocycles. The van der Waals surface area contributed by atoms with Gasteiger partial charge in [-0.25, -0.2) is 0 Å². The van der Waals surface area contributed by atoms with E-state index in [2.05, 4.69) is 51.2 Å². The van der Waals surface area contributed by atoms with E-state index in [1.54, 1.807) is 6.92 Å². The van der Waals surface area contributed by atoms with Crippen LogP contribution in [0.4, 0.5) is 0 Å². The number of hydrogen-bond acceptors (Lipinski definition) is 6. The summed E-state index contributed by atoms with van der Waals surface area (Å²) >= 11 is 0. The summed E-state index contributed by atoms with van der Waals surface area (Å²) in [5, 5.41) is 23.3. The van der Waals surface area contributed by atoms with E-state index in [0.717, 1.165) is 37.7 Å². The van der Waals surface area contributed by atoms with Crippen LogP contribution in [0.15, 0.2) is 28.5 Å². The number of oxime groups is 1. The highest BCUT2D eigenvalue weighted by atomic mass is 16.4. The molecule has 1 fully saturated rings. The number of carbonyl (C=O) groups excluding carboxylic acids is 3. The number of carbonyl (C=O) groups is 3. The summed E-state index contributed by atoms with van der Waals surface area (Å²) in [5.74, 6) is 0.458. The lowest BCUT2D eigenvalue weighted by molar-refractivity contribution is -0.130. The molecule has 1 amide bonds. The van der Waals surface area contributed by atoms with E-state index in [-0.39, 0.29) is 45.6 Å². The van der Waals surface area contributed by atoms with Crippen molar-refractivity contribution >= 4 is 23.3 Å². The summed E-state index contributed by atoms with van der Waals surface area (Å²) in [6.45, 7) is 20.6. The van der Waals surface area contributed by atoms with Crippen LogP contribution in [-0.4, -0.2) is 28.5 Å². The monoisotopic (exact) mass is 583 g/mol. The number of amides is 1. The third-order valence-corrected chi connectivity index (χ3v) is 9.79. The van der Waals surface area contributed by atoms with Gasteiger partial charge in [0, 0.05) is 23.7 Å². The number of amidine groups is 1. The summed E-state index contributed by atoms with van der Waals surface area (Å²) in [6.07, 6.45) is 14.4. The van der Waals surface area contributed by atoms with Crippen molar-refractivity contribution in [3.05, 3.63) is 23.3 Å². The highest BCUT2D eigenvalue weighted by Gasteiger charge is 2.58. The van der Waals surface area contributed by atoms with Crippen molar-refractivity contribution in [2.45, 2.75) is 140 Å². The SMILES string of the molecule is CC.CC12CCC(=O)C=C1C1(C)C=C(C#N)C(=O)C(C)(C)C1CC2.CCCC(C)(CCC)CCCC(=O)N/C(C)=N\O. The molecule has 3 atom stereocenters. The second-order valence-electron chi connectivity index (χ2n) is 13.6. The minimum absolute atomic E-state index is 0.0205. The Kier molecular flexibility index (Phi) is 13.9. The van der Waals surface area contributed by atoms with Crippen LogP contribution in [0, 0.1) is 38.9 Å². The lowest BCUT2D eigenvalue weighted by Crippen LogP contribution is -2.53. The highest BCUT2D eigenvalue weighted by molar-refractivity contribution is 6.04. The lowest BCUT2D eigenvalue weighted by Gasteiger charge is -2.57. The molecular weight excluding hydrogens is 526 g/mol. The molecule has 3 unspecified atom stereocenters. The number of rotatable bonds is 8. The van der Waals surface area contributed by atoms with Gasteiger partial charge in [-0.15, -0.1) is 0 Å². The topological polar surface area (TPSA) is 120 Å². The average Bonchev–Trinajstić information content (AvgIpc) is 2.93. The Balaban J connectivity index is 0.000000406. The van der Waals surface area contributed by atoms with Gasteiger partial charge < -0.3 is 10.5 Å². The number of nitriles is 1. The zero-order valence-electron chi connectivity index (χ0n) is 28.1. The van der Waals surface area contributed by atoms with Crippen LogP contribution in [0.2, 0.25) is 0 Å². The summed E-state index contributed by atoms with van der Waals surface area (Å²) in [6, 6.07) is 2.09. The zero-order valence-corrected chi connectivity index (χ0v) is 28.1. The molecule has 0 aliphatic heterocycles. The highest BCUT2D eigenvalue weighted by Crippen LogP contribution is 2.63. The first-order valence-electron chi connectivity index (χ1n) is 16.0. The lowest BCUT2D eigenvalue weighted by atomic mass is 9.45. The number of Topliss-reactive ketones (excluding diaryl/α,β-unsaturated/α-hetero) is 1. The Morgan fingerprint density at radius 1 is 1.12 bits per heavy atom. The maximum Gasteiger partial charge on any atom is 0.225 e. The quantitative estimate of drug-likeness (QED) is 0.128. The van der Waals surface area contributed by atoms with Crippen molar-refractivity contribution in [3.63, 3.8) is 0 Å². The number of fused-ring (bicyclic) bond motifs is 3. The van der Waals surface area contributed by atoms with Gasteiger partial charge in [-0.05, 0) is 74.7 Å². The van der Waals surface area contributed by atoms with E-state index in [1.807, 2.05) is 39.8 Å². The van der Waals surface area contributed by atoms with Gasteiger partial charge in [0.2, 0.25) is 5.91 Å². The number of nitrogens with one attached hydrogen (secondary N) is 1. The van der Waals surface area contributed by atoms with Crippen molar-refractivity contribution in [2.75, 3.05) is 0 Å². The maximum atomic E-state index is 12.6. The predicted molar refractivity (Wildman–Crippen MR) is 170 cm³/mol. The first-order valence-corrected chi connectivity index (χ1v) is 16.0. The molecule has 2 N–H and O–H groups in total. The fourth-order valence-electron chi connectivity index (χ4n) is 7.75. The number of nitrogens with zero attached hydrogens (tertiary/aromatic N) is 2. The largest absolute Gasteiger partial charge is 0.409 e. The average molecular weight is 584 g/mol. The number of hydrogen-bond donors (Lipinski definition) is 2. The first kappa shape index (κ1) is 37.3. The minimum Gasteiger partial charge on any atom is -0.409 e. The number of allylic oxidation sites excluding steroid dienone is 4. The number of ketones is 2. The van der Waals surface area contributed by atoms with Crippen LogP contribution >= 0.6 is 0 Å². The van der Waals surface area contributed by atoms with Crippen LogP contribution in [0.3, 0.4) is 0 Å². The second-order valence-corrected chi connectivity index (χ2v) is 13.6. The van der Waals surface area contributed by atoms with Crippen molar-refractivity contribution in [2.24, 2.45) is 32.7 Å². The Bertz CT molecular complexity index is 1100. The van der Waals surface area contributed by atoms with Gasteiger partial charge in [0.15, 0.2) is 11.6 Å². The molecule has 236 valence electrons. The second kappa shape index (κ2) is 15.6. The molecule has 0 aromatic carbocycles. The minimum atomic E-state index is -0.558. The van der Waals surface area contributed by atoms with Crippen molar-refractivity contribution in [1.29, 1.82) is 5.26 Å². The molecule has 42 heavy (non-hydrogen) atoms. The van der Waals surface area contributed by atoms with Gasteiger partial charge in [0.25, 0.3) is 0 Å². The fraction of sp³-hybridized carbons (Fsp3) is 0.743. The molecule has 3 aliphatic carbocycles. The van der Waals surface area contributed by atoms with Gasteiger partial charge in [0.1, 0.15) is 11.9 Å². The van der Waals surface area contributed by atoms with E-state index >= 15 is 0 Å². The molecule has 0 heterocycles. The van der Waals surface area contributed by atoms with Gasteiger partial charge in [-0.1, -0.05) is 92.0 Å². The third kappa shape index (κ3) is 8.64. The van der Waals surface area contributed by atoms with Crippen LogP contribution in [0.1, 0.15) is 140 Å². The molecule has 0 aromatic rings. The molecular formula is C35H57N3O4. The summed E-state index contributed by atoms with van der Waals surface area (Å²) in [5.41, 5.74) is 0.854. The van der Waals surface area contributed by atoms with Crippen molar-refractivity contribution in [3.8, 4) is 6.07 Å². The van der Waals surface area contributed by atoms with E-state index in [4.69, 9.17) is 5.21 Å². The predicted octanol–water partition coefficient (Wildman–Crippen LogP) is 8.47. The smallest absolute Gasteiger partial charge is 0.225 e. The molecule has 0 bridgehead atoms. The molecule has 0 radical (unpaired) electrons. The van der Waals surface area contributed by atoms with E-state index in [0.29, 0.717) is 18.3 Å². The Morgan fingerprint density at radius 3 is 2.24 bits per heavy atom. The van der Waals surface area contributed by atoms with Gasteiger partial charge >= 0.3 is 0 Å². The van der Waals surface area contributed by atoms with Crippen molar-refractivity contribution < 1.29 is 19.6 Å². The summed E-state index contributed by atoms with van der Waals surface area (Å²) in [4.78, 5) is 36.1. The Hall–Kier alpha value is -2.75. The van der Waals surface area contributed by atoms with E-state index in [1.165, 1.54) is 25.7 Å². The summed E-state index contributed by atoms with van der Waals surface area (Å²) in [7, 11) is 0. The fourth-order valence-corrected chi connectivity index (χ4v) is 7.75. The normalized spacial score (nSPS) is 26.5. The van der Waals surface area contributed by atoms with Crippen LogP contribution in [0.5, 0.6) is 0 Å². The molecule has 0 aromatic heterocycles. The standard InChI is InChI=1S/C19H23NO2.C14H28N2O2.C2H6/c1-17(2)14-6-8-18(3)7-5-13(21)9-15(18)19(14,4)10-12(11-20)16(17)22;1-5-9-14(4,10-6-2)11-7-8-13(17)15-12(3)16-18;1-2/h9-10,14H,5-8H2,1-4H3;18H,5-11H2,1-4H3,(H,15,16,17);1-2H3. The Labute approximate surface area is 255 Å². The Morgan fingerprint density at radius 2 is 1.71 bits per heavy atom.